The molecule has 1 N–H and O–H groups in total. The third-order valence-corrected chi connectivity index (χ3v) is 3.06. The fourth-order valence-corrected chi connectivity index (χ4v) is 1.94. The molecule has 0 spiro atoms. The van der Waals surface area contributed by atoms with Gasteiger partial charge in [0.1, 0.15) is 12.0 Å². The van der Waals surface area contributed by atoms with Crippen molar-refractivity contribution in [2.45, 2.75) is 26.1 Å². The summed E-state index contributed by atoms with van der Waals surface area (Å²) in [5, 5.41) is 3.35. The Hall–Kier alpha value is -2.13. The number of carbonyl (C=O) groups excluding carboxylic acids is 1. The molecular weight excluding hydrogens is 250 g/mol. The average molecular weight is 269 g/mol. The van der Waals surface area contributed by atoms with E-state index >= 15 is 0 Å². The van der Waals surface area contributed by atoms with Gasteiger partial charge >= 0.3 is 0 Å². The topological polar surface area (TPSA) is 38.3 Å². The van der Waals surface area contributed by atoms with Gasteiger partial charge in [-0.2, -0.15) is 0 Å². The van der Waals surface area contributed by atoms with E-state index in [-0.39, 0.29) is 6.23 Å². The lowest BCUT2D eigenvalue weighted by Gasteiger charge is -2.20. The molecule has 0 aliphatic carbocycles. The van der Waals surface area contributed by atoms with Crippen LogP contribution >= 0.6 is 0 Å². The predicted octanol–water partition coefficient (Wildman–Crippen LogP) is 3.40. The molecule has 0 aromatic heterocycles. The van der Waals surface area contributed by atoms with Gasteiger partial charge in [-0.25, -0.2) is 0 Å². The Balaban J connectivity index is 1.97. The number of para-hydroxylation sites is 1. The maximum absolute atomic E-state index is 11.0. The van der Waals surface area contributed by atoms with E-state index in [2.05, 4.69) is 17.4 Å². The van der Waals surface area contributed by atoms with Crippen LogP contribution in [0.5, 0.6) is 5.75 Å². The van der Waals surface area contributed by atoms with E-state index in [1.807, 2.05) is 43.3 Å². The van der Waals surface area contributed by atoms with Gasteiger partial charge in [0, 0.05) is 6.54 Å². The smallest absolute Gasteiger partial charge is 0.153 e. The number of carbonyl (C=O) groups is 1. The number of rotatable bonds is 7. The molecule has 104 valence electrons. The Morgan fingerprint density at radius 2 is 1.80 bits per heavy atom. The molecule has 0 heterocycles. The highest BCUT2D eigenvalue weighted by Gasteiger charge is 2.09. The first-order valence-electron chi connectivity index (χ1n) is 6.81. The second-order valence-corrected chi connectivity index (χ2v) is 4.54. The minimum absolute atomic E-state index is 0.115. The highest BCUT2D eigenvalue weighted by molar-refractivity contribution is 5.79. The van der Waals surface area contributed by atoms with Gasteiger partial charge in [0.2, 0.25) is 0 Å². The highest BCUT2D eigenvalue weighted by Crippen LogP contribution is 2.17. The van der Waals surface area contributed by atoms with Crippen LogP contribution < -0.4 is 10.1 Å². The molecule has 3 nitrogen and oxygen atoms in total. The first kappa shape index (κ1) is 14.3. The summed E-state index contributed by atoms with van der Waals surface area (Å²) in [5.41, 5.74) is 1.78. The van der Waals surface area contributed by atoms with E-state index in [1.54, 1.807) is 6.07 Å². The van der Waals surface area contributed by atoms with E-state index in [9.17, 15) is 4.79 Å². The van der Waals surface area contributed by atoms with Crippen LogP contribution in [0.3, 0.4) is 0 Å². The zero-order valence-electron chi connectivity index (χ0n) is 11.6. The van der Waals surface area contributed by atoms with Crippen molar-refractivity contribution in [3.63, 3.8) is 0 Å². The van der Waals surface area contributed by atoms with Gasteiger partial charge in [-0.3, -0.25) is 10.1 Å². The van der Waals surface area contributed by atoms with Gasteiger partial charge in [0.05, 0.1) is 5.56 Å². The van der Waals surface area contributed by atoms with Crippen molar-refractivity contribution in [1.82, 2.24) is 5.32 Å². The molecule has 2 aromatic carbocycles. The monoisotopic (exact) mass is 269 g/mol. The van der Waals surface area contributed by atoms with Crippen LogP contribution in [0.15, 0.2) is 54.6 Å². The van der Waals surface area contributed by atoms with Gasteiger partial charge in [0.15, 0.2) is 6.29 Å². The summed E-state index contributed by atoms with van der Waals surface area (Å²) < 4.78 is 5.87. The summed E-state index contributed by atoms with van der Waals surface area (Å²) in [6.45, 7) is 2.79. The molecule has 1 atom stereocenters. The number of hydrogen-bond donors (Lipinski definition) is 1. The molecule has 0 fully saturated rings. The summed E-state index contributed by atoms with van der Waals surface area (Å²) in [6.07, 6.45) is 1.52. The quantitative estimate of drug-likeness (QED) is 0.618. The lowest BCUT2D eigenvalue weighted by molar-refractivity contribution is 0.111. The van der Waals surface area contributed by atoms with Crippen LogP contribution in [0.25, 0.3) is 0 Å². The van der Waals surface area contributed by atoms with Crippen LogP contribution in [0.2, 0.25) is 0 Å². The minimum atomic E-state index is -0.115. The molecule has 0 radical (unpaired) electrons. The number of benzene rings is 2. The van der Waals surface area contributed by atoms with E-state index in [1.165, 1.54) is 5.56 Å². The van der Waals surface area contributed by atoms with Gasteiger partial charge in [-0.1, -0.05) is 49.4 Å². The maximum atomic E-state index is 11.0. The number of nitrogens with one attached hydrogen (secondary N) is 1. The molecule has 2 rings (SSSR count). The second kappa shape index (κ2) is 7.46. The fraction of sp³-hybridized carbons (Fsp3) is 0.235. The van der Waals surface area contributed by atoms with E-state index in [0.29, 0.717) is 11.3 Å². The minimum Gasteiger partial charge on any atom is -0.475 e. The maximum Gasteiger partial charge on any atom is 0.153 e. The number of aldehydes is 1. The van der Waals surface area contributed by atoms with Crippen molar-refractivity contribution in [3.05, 3.63) is 65.7 Å². The lowest BCUT2D eigenvalue weighted by atomic mass is 10.2. The van der Waals surface area contributed by atoms with Crippen LogP contribution in [0, 0.1) is 0 Å². The van der Waals surface area contributed by atoms with Gasteiger partial charge in [-0.15, -0.1) is 0 Å². The number of ether oxygens (including phenoxy) is 1. The summed E-state index contributed by atoms with van der Waals surface area (Å²) in [4.78, 5) is 11.0. The van der Waals surface area contributed by atoms with Crippen molar-refractivity contribution in [3.8, 4) is 5.75 Å². The highest BCUT2D eigenvalue weighted by atomic mass is 16.5. The summed E-state index contributed by atoms with van der Waals surface area (Å²) >= 11 is 0. The Morgan fingerprint density at radius 3 is 2.50 bits per heavy atom. The summed E-state index contributed by atoms with van der Waals surface area (Å²) in [7, 11) is 0. The van der Waals surface area contributed by atoms with E-state index < -0.39 is 0 Å². The van der Waals surface area contributed by atoms with Crippen molar-refractivity contribution >= 4 is 6.29 Å². The Labute approximate surface area is 119 Å². The first-order valence-corrected chi connectivity index (χ1v) is 6.81. The lowest BCUT2D eigenvalue weighted by Crippen LogP contribution is -2.33. The molecule has 20 heavy (non-hydrogen) atoms. The predicted molar refractivity (Wildman–Crippen MR) is 79.8 cm³/mol. The Kier molecular flexibility index (Phi) is 5.33. The van der Waals surface area contributed by atoms with Gasteiger partial charge < -0.3 is 4.74 Å². The SMILES string of the molecule is CCC(NCc1ccccc1)Oc1ccccc1C=O. The Morgan fingerprint density at radius 1 is 1.10 bits per heavy atom. The molecule has 0 saturated carbocycles. The van der Waals surface area contributed by atoms with Crippen molar-refractivity contribution in [2.75, 3.05) is 0 Å². The van der Waals surface area contributed by atoms with E-state index in [0.717, 1.165) is 19.3 Å². The standard InChI is InChI=1S/C17H19NO2/c1-2-17(18-12-14-8-4-3-5-9-14)20-16-11-7-6-10-15(16)13-19/h3-11,13,17-18H,2,12H2,1H3. The third-order valence-electron chi connectivity index (χ3n) is 3.06. The molecule has 2 aromatic rings. The molecule has 0 amide bonds. The van der Waals surface area contributed by atoms with Crippen molar-refractivity contribution in [2.24, 2.45) is 0 Å². The zero-order chi connectivity index (χ0) is 14.2. The molecule has 1 unspecified atom stereocenters. The van der Waals surface area contributed by atoms with Crippen LogP contribution in [0.1, 0.15) is 29.3 Å². The summed E-state index contributed by atoms with van der Waals surface area (Å²) in [5.74, 6) is 0.620. The largest absolute Gasteiger partial charge is 0.475 e. The zero-order valence-corrected chi connectivity index (χ0v) is 11.6. The fourth-order valence-electron chi connectivity index (χ4n) is 1.94. The van der Waals surface area contributed by atoms with Crippen LogP contribution in [-0.2, 0) is 6.54 Å². The van der Waals surface area contributed by atoms with Crippen molar-refractivity contribution in [1.29, 1.82) is 0 Å². The van der Waals surface area contributed by atoms with E-state index in [4.69, 9.17) is 4.74 Å². The normalized spacial score (nSPS) is 11.8. The van der Waals surface area contributed by atoms with Gasteiger partial charge in [0.25, 0.3) is 0 Å². The Bertz CT molecular complexity index is 540. The van der Waals surface area contributed by atoms with Gasteiger partial charge in [-0.05, 0) is 24.1 Å². The second-order valence-electron chi connectivity index (χ2n) is 4.54. The summed E-state index contributed by atoms with van der Waals surface area (Å²) in [6, 6.07) is 17.4. The first-order chi connectivity index (χ1) is 9.83. The molecule has 3 heteroatoms. The van der Waals surface area contributed by atoms with Crippen LogP contribution in [0.4, 0.5) is 0 Å². The van der Waals surface area contributed by atoms with Crippen molar-refractivity contribution < 1.29 is 9.53 Å². The van der Waals surface area contributed by atoms with Crippen LogP contribution in [-0.4, -0.2) is 12.5 Å². The molecule has 0 bridgehead atoms. The molecule has 0 saturated heterocycles. The third kappa shape index (κ3) is 3.93. The average Bonchev–Trinajstić information content (AvgIpc) is 2.52. The molecule has 0 aliphatic rings. The molecule has 0 aliphatic heterocycles. The molecular formula is C17H19NO2. The number of hydrogen-bond acceptors (Lipinski definition) is 3.